The molecular formula is C17H21NO6. The highest BCUT2D eigenvalue weighted by Gasteiger charge is 2.32. The predicted octanol–water partition coefficient (Wildman–Crippen LogP) is 1.81. The molecule has 0 radical (unpaired) electrons. The third-order valence-corrected chi connectivity index (χ3v) is 3.26. The second-order valence-corrected chi connectivity index (χ2v) is 5.10. The van der Waals surface area contributed by atoms with Gasteiger partial charge < -0.3 is 24.3 Å². The van der Waals surface area contributed by atoms with Crippen molar-refractivity contribution in [2.45, 2.75) is 13.8 Å². The number of carbonyl (C=O) groups excluding carboxylic acids is 2. The minimum Gasteiger partial charge on any atom is -0.489 e. The molecule has 0 amide bonds. The highest BCUT2D eigenvalue weighted by molar-refractivity contribution is 6.19. The lowest BCUT2D eigenvalue weighted by molar-refractivity contribution is -0.139. The van der Waals surface area contributed by atoms with Crippen LogP contribution in [0.2, 0.25) is 0 Å². The Morgan fingerprint density at radius 3 is 2.83 bits per heavy atom. The number of ether oxygens (including phenoxy) is 4. The zero-order valence-electron chi connectivity index (χ0n) is 14.0. The van der Waals surface area contributed by atoms with Gasteiger partial charge in [-0.15, -0.1) is 0 Å². The lowest BCUT2D eigenvalue weighted by Crippen LogP contribution is -2.16. The van der Waals surface area contributed by atoms with Crippen LogP contribution in [-0.4, -0.2) is 45.3 Å². The van der Waals surface area contributed by atoms with Crippen molar-refractivity contribution in [3.05, 3.63) is 35.2 Å². The van der Waals surface area contributed by atoms with E-state index in [0.29, 0.717) is 24.7 Å². The summed E-state index contributed by atoms with van der Waals surface area (Å²) < 4.78 is 20.8. The number of hydrogen-bond acceptors (Lipinski definition) is 7. The fourth-order valence-corrected chi connectivity index (χ4v) is 2.13. The maximum atomic E-state index is 11.9. The van der Waals surface area contributed by atoms with E-state index in [1.54, 1.807) is 20.1 Å². The van der Waals surface area contributed by atoms with Gasteiger partial charge in [0.05, 0.1) is 18.9 Å². The number of nitrogens with one attached hydrogen (secondary N) is 1. The normalized spacial score (nSPS) is 13.7. The molecule has 2 rings (SSSR count). The second kappa shape index (κ2) is 8.35. The lowest BCUT2D eigenvalue weighted by Gasteiger charge is -2.14. The summed E-state index contributed by atoms with van der Waals surface area (Å²) in [5.74, 6) is -0.453. The molecule has 130 valence electrons. The third kappa shape index (κ3) is 4.26. The second-order valence-electron chi connectivity index (χ2n) is 5.10. The molecule has 0 aliphatic carbocycles. The molecule has 0 fully saturated rings. The van der Waals surface area contributed by atoms with Crippen LogP contribution in [0.1, 0.15) is 12.5 Å². The van der Waals surface area contributed by atoms with E-state index in [2.05, 4.69) is 5.32 Å². The zero-order chi connectivity index (χ0) is 17.5. The molecular weight excluding hydrogens is 314 g/mol. The van der Waals surface area contributed by atoms with Crippen LogP contribution >= 0.6 is 0 Å². The summed E-state index contributed by atoms with van der Waals surface area (Å²) in [5, 5.41) is 2.95. The van der Waals surface area contributed by atoms with Crippen molar-refractivity contribution < 1.29 is 28.5 Å². The third-order valence-electron chi connectivity index (χ3n) is 3.26. The first-order chi connectivity index (χ1) is 11.6. The van der Waals surface area contributed by atoms with Crippen molar-refractivity contribution in [3.63, 3.8) is 0 Å². The summed E-state index contributed by atoms with van der Waals surface area (Å²) in [7, 11) is 1.59. The predicted molar refractivity (Wildman–Crippen MR) is 86.8 cm³/mol. The summed E-state index contributed by atoms with van der Waals surface area (Å²) in [6.07, 6.45) is 0. The van der Waals surface area contributed by atoms with Crippen molar-refractivity contribution in [1.82, 2.24) is 0 Å². The van der Waals surface area contributed by atoms with Crippen LogP contribution in [0.4, 0.5) is 5.69 Å². The molecule has 24 heavy (non-hydrogen) atoms. The number of carbonyl (C=O) groups is 2. The topological polar surface area (TPSA) is 83.1 Å². The van der Waals surface area contributed by atoms with E-state index in [0.717, 1.165) is 5.56 Å². The van der Waals surface area contributed by atoms with E-state index < -0.39 is 11.8 Å². The van der Waals surface area contributed by atoms with E-state index in [9.17, 15) is 9.59 Å². The first-order valence-corrected chi connectivity index (χ1v) is 7.63. The van der Waals surface area contributed by atoms with Gasteiger partial charge in [0, 0.05) is 7.11 Å². The van der Waals surface area contributed by atoms with Crippen molar-refractivity contribution in [2.24, 2.45) is 0 Å². The number of hydrogen-bond donors (Lipinski definition) is 1. The van der Waals surface area contributed by atoms with Crippen LogP contribution in [0.25, 0.3) is 0 Å². The molecule has 0 bridgehead atoms. The van der Waals surface area contributed by atoms with Gasteiger partial charge in [-0.3, -0.25) is 4.79 Å². The Kier molecular flexibility index (Phi) is 6.20. The Morgan fingerprint density at radius 2 is 2.12 bits per heavy atom. The number of anilines is 1. The quantitative estimate of drug-likeness (QED) is 0.441. The van der Waals surface area contributed by atoms with Gasteiger partial charge in [0.15, 0.2) is 12.2 Å². The minimum atomic E-state index is -0.698. The van der Waals surface area contributed by atoms with E-state index >= 15 is 0 Å². The molecule has 1 N–H and O–H groups in total. The van der Waals surface area contributed by atoms with Gasteiger partial charge in [0.2, 0.25) is 11.7 Å². The molecule has 7 heteroatoms. The molecule has 0 spiro atoms. The van der Waals surface area contributed by atoms with Gasteiger partial charge in [0.25, 0.3) is 0 Å². The highest BCUT2D eigenvalue weighted by atomic mass is 16.5. The monoisotopic (exact) mass is 335 g/mol. The Morgan fingerprint density at radius 1 is 1.33 bits per heavy atom. The highest BCUT2D eigenvalue weighted by Crippen LogP contribution is 2.29. The van der Waals surface area contributed by atoms with E-state index in [1.807, 2.05) is 19.1 Å². The lowest BCUT2D eigenvalue weighted by atomic mass is 10.2. The van der Waals surface area contributed by atoms with Gasteiger partial charge in [-0.25, -0.2) is 4.79 Å². The molecule has 0 unspecified atom stereocenters. The number of aryl methyl sites for hydroxylation is 1. The molecule has 1 aromatic carbocycles. The smallest absolute Gasteiger partial charge is 0.347 e. The molecule has 0 atom stereocenters. The van der Waals surface area contributed by atoms with E-state index in [-0.39, 0.29) is 24.7 Å². The van der Waals surface area contributed by atoms with Crippen LogP contribution in [0.15, 0.2) is 29.7 Å². The van der Waals surface area contributed by atoms with E-state index in [4.69, 9.17) is 18.9 Å². The Bertz CT molecular complexity index is 652. The number of benzene rings is 1. The van der Waals surface area contributed by atoms with Crippen molar-refractivity contribution in [2.75, 3.05) is 38.9 Å². The number of rotatable bonds is 8. The molecule has 1 heterocycles. The number of Topliss-reactive ketones (excluding diaryl/α,β-unsaturated/α-hetero) is 1. The number of esters is 1. The van der Waals surface area contributed by atoms with Gasteiger partial charge in [-0.1, -0.05) is 6.07 Å². The average molecular weight is 335 g/mol. The zero-order valence-corrected chi connectivity index (χ0v) is 14.0. The molecule has 1 aliphatic rings. The molecule has 7 nitrogen and oxygen atoms in total. The van der Waals surface area contributed by atoms with Crippen LogP contribution in [0.5, 0.6) is 5.75 Å². The first-order valence-electron chi connectivity index (χ1n) is 7.63. The first kappa shape index (κ1) is 17.8. The van der Waals surface area contributed by atoms with Crippen LogP contribution in [0, 0.1) is 6.92 Å². The summed E-state index contributed by atoms with van der Waals surface area (Å²) in [5.41, 5.74) is 1.49. The van der Waals surface area contributed by atoms with Crippen LogP contribution in [-0.2, 0) is 23.8 Å². The standard InChI is InChI=1S/C17H21NO6/c1-4-22-17(20)15-13(19)10-24-16(15)18-12-6-5-11(2)9-14(12)23-8-7-21-3/h5-6,9,18H,4,7-8,10H2,1-3H3. The van der Waals surface area contributed by atoms with Crippen LogP contribution < -0.4 is 10.1 Å². The summed E-state index contributed by atoms with van der Waals surface area (Å²) in [6, 6.07) is 5.52. The SMILES string of the molecule is CCOC(=O)C1=C(Nc2ccc(C)cc2OCCOC)OCC1=O. The van der Waals surface area contributed by atoms with Crippen molar-refractivity contribution in [1.29, 1.82) is 0 Å². The maximum Gasteiger partial charge on any atom is 0.347 e. The van der Waals surface area contributed by atoms with Gasteiger partial charge in [-0.05, 0) is 31.5 Å². The largest absolute Gasteiger partial charge is 0.489 e. The Labute approximate surface area is 140 Å². The van der Waals surface area contributed by atoms with Gasteiger partial charge >= 0.3 is 5.97 Å². The van der Waals surface area contributed by atoms with E-state index in [1.165, 1.54) is 0 Å². The van der Waals surface area contributed by atoms with Crippen molar-refractivity contribution in [3.8, 4) is 5.75 Å². The van der Waals surface area contributed by atoms with Gasteiger partial charge in [0.1, 0.15) is 12.4 Å². The maximum absolute atomic E-state index is 11.9. The fraction of sp³-hybridized carbons (Fsp3) is 0.412. The van der Waals surface area contributed by atoms with Gasteiger partial charge in [-0.2, -0.15) is 0 Å². The number of methoxy groups -OCH3 is 1. The van der Waals surface area contributed by atoms with Crippen LogP contribution in [0.3, 0.4) is 0 Å². The fourth-order valence-electron chi connectivity index (χ4n) is 2.13. The molecule has 0 saturated heterocycles. The summed E-state index contributed by atoms with van der Waals surface area (Å²) >= 11 is 0. The Hall–Kier alpha value is -2.54. The number of ketones is 1. The van der Waals surface area contributed by atoms with Crippen molar-refractivity contribution >= 4 is 17.4 Å². The molecule has 0 saturated carbocycles. The summed E-state index contributed by atoms with van der Waals surface area (Å²) in [6.45, 7) is 4.41. The molecule has 1 aliphatic heterocycles. The molecule has 0 aromatic heterocycles. The Balaban J connectivity index is 2.25. The minimum absolute atomic E-state index is 0.0823. The average Bonchev–Trinajstić information content (AvgIpc) is 2.91. The summed E-state index contributed by atoms with van der Waals surface area (Å²) in [4.78, 5) is 23.8. The molecule has 1 aromatic rings.